The van der Waals surface area contributed by atoms with E-state index in [-0.39, 0.29) is 29.8 Å². The van der Waals surface area contributed by atoms with Crippen molar-refractivity contribution in [3.8, 4) is 5.75 Å². The lowest BCUT2D eigenvalue weighted by Crippen LogP contribution is -2.54. The highest BCUT2D eigenvalue weighted by Crippen LogP contribution is 2.27. The number of nitrogens with one attached hydrogen (secondary N) is 1. The minimum atomic E-state index is -4.19. The molecule has 0 aliphatic heterocycles. The molecule has 242 valence electrons. The highest BCUT2D eigenvalue weighted by atomic mass is 79.9. The Morgan fingerprint density at radius 2 is 1.54 bits per heavy atom. The monoisotopic (exact) mass is 705 g/mol. The Morgan fingerprint density at radius 1 is 0.891 bits per heavy atom. The third-order valence-electron chi connectivity index (χ3n) is 7.76. The van der Waals surface area contributed by atoms with Gasteiger partial charge in [-0.3, -0.25) is 13.9 Å². The molecule has 46 heavy (non-hydrogen) atoms. The molecule has 4 aromatic rings. The van der Waals surface area contributed by atoms with Crippen LogP contribution in [-0.4, -0.2) is 50.9 Å². The van der Waals surface area contributed by atoms with Gasteiger partial charge < -0.3 is 15.0 Å². The number of hydrogen-bond donors (Lipinski definition) is 1. The first-order valence-corrected chi connectivity index (χ1v) is 17.4. The summed E-state index contributed by atoms with van der Waals surface area (Å²) in [5.41, 5.74) is 2.86. The van der Waals surface area contributed by atoms with Gasteiger partial charge in [0.15, 0.2) is 0 Å². The van der Waals surface area contributed by atoms with E-state index < -0.39 is 28.5 Å². The minimum absolute atomic E-state index is 0.0515. The number of halogens is 1. The molecule has 4 rings (SSSR count). The van der Waals surface area contributed by atoms with E-state index in [1.54, 1.807) is 36.4 Å². The Morgan fingerprint density at radius 3 is 2.15 bits per heavy atom. The lowest BCUT2D eigenvalue weighted by Gasteiger charge is -2.34. The SMILES string of the molecule is CCC(C)NC(=O)C(Cc1ccccc1)N(Cc1cccc(Br)c1)C(=O)CN(c1ccc(OC)cc1)S(=O)(=O)c1ccc(C)cc1. The molecular formula is C36H40BrN3O5S. The highest BCUT2D eigenvalue weighted by Gasteiger charge is 2.35. The van der Waals surface area contributed by atoms with Gasteiger partial charge in [0.1, 0.15) is 18.3 Å². The maximum Gasteiger partial charge on any atom is 0.264 e. The molecule has 0 aromatic heterocycles. The molecule has 0 spiro atoms. The maximum absolute atomic E-state index is 14.6. The van der Waals surface area contributed by atoms with Crippen molar-refractivity contribution in [2.45, 2.75) is 57.1 Å². The van der Waals surface area contributed by atoms with E-state index in [9.17, 15) is 18.0 Å². The van der Waals surface area contributed by atoms with E-state index in [0.29, 0.717) is 17.9 Å². The van der Waals surface area contributed by atoms with Gasteiger partial charge in [-0.25, -0.2) is 8.42 Å². The summed E-state index contributed by atoms with van der Waals surface area (Å²) in [6, 6.07) is 29.0. The normalized spacial score (nSPS) is 12.5. The van der Waals surface area contributed by atoms with Crippen molar-refractivity contribution < 1.29 is 22.7 Å². The first-order valence-electron chi connectivity index (χ1n) is 15.1. The zero-order chi connectivity index (χ0) is 33.3. The Balaban J connectivity index is 1.81. The number of benzene rings is 4. The maximum atomic E-state index is 14.6. The van der Waals surface area contributed by atoms with Crippen LogP contribution in [0.5, 0.6) is 5.75 Å². The molecule has 0 aliphatic rings. The highest BCUT2D eigenvalue weighted by molar-refractivity contribution is 9.10. The molecule has 0 heterocycles. The zero-order valence-electron chi connectivity index (χ0n) is 26.5. The number of carbonyl (C=O) groups excluding carboxylic acids is 2. The predicted octanol–water partition coefficient (Wildman–Crippen LogP) is 6.52. The number of aryl methyl sites for hydroxylation is 1. The number of amides is 2. The van der Waals surface area contributed by atoms with Gasteiger partial charge in [-0.05, 0) is 79.9 Å². The number of nitrogens with zero attached hydrogens (tertiary/aromatic N) is 2. The van der Waals surface area contributed by atoms with Gasteiger partial charge in [0.2, 0.25) is 11.8 Å². The van der Waals surface area contributed by atoms with Crippen LogP contribution >= 0.6 is 15.9 Å². The van der Waals surface area contributed by atoms with Crippen molar-refractivity contribution in [3.05, 3.63) is 124 Å². The van der Waals surface area contributed by atoms with Crippen LogP contribution in [0.1, 0.15) is 37.0 Å². The third kappa shape index (κ3) is 8.98. The van der Waals surface area contributed by atoms with Crippen molar-refractivity contribution in [3.63, 3.8) is 0 Å². The lowest BCUT2D eigenvalue weighted by molar-refractivity contribution is -0.140. The van der Waals surface area contributed by atoms with E-state index >= 15 is 0 Å². The van der Waals surface area contributed by atoms with Crippen molar-refractivity contribution >= 4 is 43.5 Å². The molecule has 2 atom stereocenters. The van der Waals surface area contributed by atoms with Crippen LogP contribution < -0.4 is 14.4 Å². The first kappa shape index (κ1) is 34.7. The van der Waals surface area contributed by atoms with Crippen molar-refractivity contribution in [1.29, 1.82) is 0 Å². The van der Waals surface area contributed by atoms with Crippen LogP contribution in [-0.2, 0) is 32.6 Å². The van der Waals surface area contributed by atoms with Gasteiger partial charge in [-0.15, -0.1) is 0 Å². The molecule has 0 fully saturated rings. The Hall–Kier alpha value is -4.15. The van der Waals surface area contributed by atoms with Gasteiger partial charge >= 0.3 is 0 Å². The standard InChI is InChI=1S/C36H40BrN3O5S/c1-5-27(3)38-36(42)34(23-28-10-7-6-8-11-28)39(24-29-12-9-13-30(37)22-29)35(41)25-40(31-16-18-32(45-4)19-17-31)46(43,44)33-20-14-26(2)15-21-33/h6-22,27,34H,5,23-25H2,1-4H3,(H,38,42). The quantitative estimate of drug-likeness (QED) is 0.161. The number of hydrogen-bond acceptors (Lipinski definition) is 5. The van der Waals surface area contributed by atoms with Crippen LogP contribution in [0, 0.1) is 6.92 Å². The van der Waals surface area contributed by atoms with Gasteiger partial charge in [0.25, 0.3) is 10.0 Å². The predicted molar refractivity (Wildman–Crippen MR) is 185 cm³/mol. The second-order valence-corrected chi connectivity index (χ2v) is 14.0. The third-order valence-corrected chi connectivity index (χ3v) is 10.0. The van der Waals surface area contributed by atoms with Gasteiger partial charge in [-0.1, -0.05) is 83.0 Å². The van der Waals surface area contributed by atoms with Gasteiger partial charge in [0, 0.05) is 23.5 Å². The van der Waals surface area contributed by atoms with Crippen LogP contribution in [0.15, 0.2) is 112 Å². The molecule has 0 saturated carbocycles. The topological polar surface area (TPSA) is 96.0 Å². The molecular weight excluding hydrogens is 666 g/mol. The summed E-state index contributed by atoms with van der Waals surface area (Å²) in [7, 11) is -2.67. The van der Waals surface area contributed by atoms with E-state index in [1.165, 1.54) is 24.1 Å². The Bertz CT molecular complexity index is 1720. The van der Waals surface area contributed by atoms with E-state index in [2.05, 4.69) is 21.2 Å². The van der Waals surface area contributed by atoms with Crippen LogP contribution in [0.3, 0.4) is 0 Å². The van der Waals surface area contributed by atoms with Crippen LogP contribution in [0.2, 0.25) is 0 Å². The summed E-state index contributed by atoms with van der Waals surface area (Å²) < 4.78 is 35.6. The molecule has 4 aromatic carbocycles. The fourth-order valence-electron chi connectivity index (χ4n) is 4.94. The summed E-state index contributed by atoms with van der Waals surface area (Å²) >= 11 is 3.51. The molecule has 0 saturated heterocycles. The number of methoxy groups -OCH3 is 1. The number of carbonyl (C=O) groups is 2. The second-order valence-electron chi connectivity index (χ2n) is 11.2. The average Bonchev–Trinajstić information content (AvgIpc) is 3.05. The summed E-state index contributed by atoms with van der Waals surface area (Å²) in [6.07, 6.45) is 0.958. The summed E-state index contributed by atoms with van der Waals surface area (Å²) in [5, 5.41) is 3.05. The van der Waals surface area contributed by atoms with E-state index in [0.717, 1.165) is 25.5 Å². The Labute approximate surface area is 280 Å². The average molecular weight is 707 g/mol. The van der Waals surface area contributed by atoms with E-state index in [4.69, 9.17) is 4.74 Å². The smallest absolute Gasteiger partial charge is 0.264 e. The molecule has 0 aliphatic carbocycles. The molecule has 8 nitrogen and oxygen atoms in total. The summed E-state index contributed by atoms with van der Waals surface area (Å²) in [5.74, 6) is -0.283. The second kappa shape index (κ2) is 15.9. The molecule has 0 radical (unpaired) electrons. The molecule has 0 bridgehead atoms. The van der Waals surface area contributed by atoms with Gasteiger partial charge in [0.05, 0.1) is 17.7 Å². The molecule has 2 amide bonds. The first-order chi connectivity index (χ1) is 22.0. The van der Waals surface area contributed by atoms with Crippen molar-refractivity contribution in [2.24, 2.45) is 0 Å². The zero-order valence-corrected chi connectivity index (χ0v) is 28.9. The molecule has 1 N–H and O–H groups in total. The van der Waals surface area contributed by atoms with Crippen LogP contribution in [0.4, 0.5) is 5.69 Å². The Kier molecular flexibility index (Phi) is 12.0. The van der Waals surface area contributed by atoms with Gasteiger partial charge in [-0.2, -0.15) is 0 Å². The fourth-order valence-corrected chi connectivity index (χ4v) is 6.80. The number of sulfonamides is 1. The number of rotatable bonds is 14. The number of anilines is 1. The fraction of sp³-hybridized carbons (Fsp3) is 0.278. The minimum Gasteiger partial charge on any atom is -0.497 e. The van der Waals surface area contributed by atoms with Crippen LogP contribution in [0.25, 0.3) is 0 Å². The van der Waals surface area contributed by atoms with Crippen molar-refractivity contribution in [2.75, 3.05) is 18.0 Å². The lowest BCUT2D eigenvalue weighted by atomic mass is 10.0. The largest absolute Gasteiger partial charge is 0.497 e. The molecule has 10 heteroatoms. The van der Waals surface area contributed by atoms with E-state index in [1.807, 2.05) is 75.4 Å². The molecule has 2 unspecified atom stereocenters. The summed E-state index contributed by atoms with van der Waals surface area (Å²) in [4.78, 5) is 30.0. The number of ether oxygens (including phenoxy) is 1. The van der Waals surface area contributed by atoms with Crippen molar-refractivity contribution in [1.82, 2.24) is 10.2 Å². The summed E-state index contributed by atoms with van der Waals surface area (Å²) in [6.45, 7) is 5.32.